The largest absolute Gasteiger partial charge is 0.493 e. The molecule has 2 rings (SSSR count). The lowest BCUT2D eigenvalue weighted by Crippen LogP contribution is -3.28. The Bertz CT molecular complexity index is 514. The highest BCUT2D eigenvalue weighted by Gasteiger charge is 2.20. The maximum Gasteiger partial charge on any atom is 0.161 e. The summed E-state index contributed by atoms with van der Waals surface area (Å²) < 4.78 is 16.9. The molecule has 1 aromatic carbocycles. The number of methoxy groups -OCH3 is 1. The molecule has 0 radical (unpaired) electrons. The van der Waals surface area contributed by atoms with Crippen LogP contribution in [0.15, 0.2) is 30.9 Å². The first-order valence-electron chi connectivity index (χ1n) is 9.42. The van der Waals surface area contributed by atoms with Crippen LogP contribution >= 0.6 is 0 Å². The van der Waals surface area contributed by atoms with Gasteiger partial charge in [-0.05, 0) is 31.0 Å². The van der Waals surface area contributed by atoms with Crippen molar-refractivity contribution in [2.45, 2.75) is 13.3 Å². The van der Waals surface area contributed by atoms with E-state index in [4.69, 9.17) is 14.2 Å². The van der Waals surface area contributed by atoms with Gasteiger partial charge in [0.1, 0.15) is 39.3 Å². The van der Waals surface area contributed by atoms with E-state index in [1.165, 1.54) is 38.3 Å². The Morgan fingerprint density at radius 3 is 2.48 bits per heavy atom. The van der Waals surface area contributed by atoms with E-state index in [2.05, 4.69) is 13.5 Å². The van der Waals surface area contributed by atoms with E-state index in [-0.39, 0.29) is 0 Å². The number of quaternary nitrogens is 2. The van der Waals surface area contributed by atoms with Crippen molar-refractivity contribution in [2.24, 2.45) is 0 Å². The fraction of sp³-hybridized carbons (Fsp3) is 0.600. The van der Waals surface area contributed by atoms with Gasteiger partial charge in [0.05, 0.1) is 26.9 Å². The first-order chi connectivity index (χ1) is 12.3. The van der Waals surface area contributed by atoms with Crippen molar-refractivity contribution in [3.05, 3.63) is 36.4 Å². The zero-order chi connectivity index (χ0) is 17.9. The van der Waals surface area contributed by atoms with E-state index >= 15 is 0 Å². The lowest BCUT2D eigenvalue weighted by atomic mass is 10.1. The molecule has 1 aliphatic heterocycles. The summed E-state index contributed by atoms with van der Waals surface area (Å²) in [4.78, 5) is 3.39. The monoisotopic (exact) mass is 350 g/mol. The van der Waals surface area contributed by atoms with Gasteiger partial charge in [0.2, 0.25) is 0 Å². The summed E-state index contributed by atoms with van der Waals surface area (Å²) in [6, 6.07) is 6.00. The summed E-state index contributed by atoms with van der Waals surface area (Å²) in [6.45, 7) is 15.4. The standard InChI is InChI=1S/C20H32N2O3/c1-4-6-18-7-8-19(20(17-18)23-3)25-16-15-24-14-13-22-11-9-21(5-2)10-12-22/h4,7-8,17H,1,5-6,9-16H2,2-3H3/p+2. The number of rotatable bonds is 11. The Hall–Kier alpha value is -1.56. The SMILES string of the molecule is C=CCc1ccc(OCCOCC[NH+]2CC[NH+](CC)CC2)c(OC)c1. The minimum absolute atomic E-state index is 0.542. The molecule has 1 fully saturated rings. The van der Waals surface area contributed by atoms with Gasteiger partial charge in [-0.1, -0.05) is 12.1 Å². The number of ether oxygens (including phenoxy) is 3. The van der Waals surface area contributed by atoms with Crippen molar-refractivity contribution < 1.29 is 24.0 Å². The third-order valence-electron chi connectivity index (χ3n) is 4.86. The molecule has 5 nitrogen and oxygen atoms in total. The van der Waals surface area contributed by atoms with E-state index in [1.807, 2.05) is 24.3 Å². The summed E-state index contributed by atoms with van der Waals surface area (Å²) >= 11 is 0. The van der Waals surface area contributed by atoms with Gasteiger partial charge in [0.25, 0.3) is 0 Å². The van der Waals surface area contributed by atoms with E-state index in [9.17, 15) is 0 Å². The molecule has 0 amide bonds. The molecular weight excluding hydrogens is 316 g/mol. The van der Waals surface area contributed by atoms with Crippen LogP contribution in [0.4, 0.5) is 0 Å². The number of hydrogen-bond acceptors (Lipinski definition) is 3. The first-order valence-corrected chi connectivity index (χ1v) is 9.42. The summed E-state index contributed by atoms with van der Waals surface area (Å²) in [5.41, 5.74) is 1.17. The smallest absolute Gasteiger partial charge is 0.161 e. The Kier molecular flexibility index (Phi) is 8.80. The molecule has 140 valence electrons. The number of benzene rings is 1. The first kappa shape index (κ1) is 19.8. The van der Waals surface area contributed by atoms with Crippen molar-refractivity contribution in [1.82, 2.24) is 0 Å². The average molecular weight is 351 g/mol. The zero-order valence-corrected chi connectivity index (χ0v) is 15.8. The molecular formula is C20H34N2O3+2. The molecule has 1 saturated heterocycles. The van der Waals surface area contributed by atoms with Crippen molar-refractivity contribution in [2.75, 3.05) is 66.2 Å². The lowest BCUT2D eigenvalue weighted by molar-refractivity contribution is -1.01. The molecule has 0 aromatic heterocycles. The minimum atomic E-state index is 0.542. The fourth-order valence-corrected chi connectivity index (χ4v) is 3.21. The van der Waals surface area contributed by atoms with Gasteiger partial charge in [0.15, 0.2) is 11.5 Å². The predicted octanol–water partition coefficient (Wildman–Crippen LogP) is -0.378. The second kappa shape index (κ2) is 11.1. The van der Waals surface area contributed by atoms with E-state index < -0.39 is 0 Å². The van der Waals surface area contributed by atoms with Crippen molar-refractivity contribution in [3.63, 3.8) is 0 Å². The van der Waals surface area contributed by atoms with Crippen molar-refractivity contribution >= 4 is 0 Å². The quantitative estimate of drug-likeness (QED) is 0.422. The second-order valence-electron chi connectivity index (χ2n) is 6.54. The summed E-state index contributed by atoms with van der Waals surface area (Å²) in [5.74, 6) is 1.53. The van der Waals surface area contributed by atoms with Gasteiger partial charge < -0.3 is 24.0 Å². The molecule has 25 heavy (non-hydrogen) atoms. The Balaban J connectivity index is 1.60. The van der Waals surface area contributed by atoms with Gasteiger partial charge >= 0.3 is 0 Å². The number of hydrogen-bond donors (Lipinski definition) is 2. The van der Waals surface area contributed by atoms with Gasteiger partial charge in [-0.15, -0.1) is 6.58 Å². The molecule has 5 heteroatoms. The molecule has 0 unspecified atom stereocenters. The lowest BCUT2D eigenvalue weighted by Gasteiger charge is -2.28. The molecule has 1 aromatic rings. The summed E-state index contributed by atoms with van der Waals surface area (Å²) in [6.07, 6.45) is 2.71. The van der Waals surface area contributed by atoms with Crippen LogP contribution in [-0.4, -0.2) is 66.2 Å². The van der Waals surface area contributed by atoms with Gasteiger partial charge in [0, 0.05) is 0 Å². The third-order valence-corrected chi connectivity index (χ3v) is 4.86. The summed E-state index contributed by atoms with van der Waals surface area (Å²) in [5, 5.41) is 0. The molecule has 2 N–H and O–H groups in total. The Morgan fingerprint density at radius 2 is 1.80 bits per heavy atom. The fourth-order valence-electron chi connectivity index (χ4n) is 3.21. The van der Waals surface area contributed by atoms with Gasteiger partial charge in [-0.2, -0.15) is 0 Å². The van der Waals surface area contributed by atoms with Crippen molar-refractivity contribution in [3.8, 4) is 11.5 Å². The molecule has 1 heterocycles. The highest BCUT2D eigenvalue weighted by Crippen LogP contribution is 2.28. The molecule has 0 atom stereocenters. The van der Waals surface area contributed by atoms with Crippen LogP contribution in [0.1, 0.15) is 12.5 Å². The number of piperazine rings is 1. The Morgan fingerprint density at radius 1 is 1.04 bits per heavy atom. The number of nitrogens with one attached hydrogen (secondary N) is 2. The Labute approximate surface area is 152 Å². The highest BCUT2D eigenvalue weighted by molar-refractivity contribution is 5.43. The van der Waals surface area contributed by atoms with Crippen LogP contribution in [0.25, 0.3) is 0 Å². The maximum absolute atomic E-state index is 5.80. The minimum Gasteiger partial charge on any atom is -0.493 e. The molecule has 0 aliphatic carbocycles. The van der Waals surface area contributed by atoms with Crippen LogP contribution < -0.4 is 19.3 Å². The maximum atomic E-state index is 5.80. The number of allylic oxidation sites excluding steroid dienone is 1. The summed E-state index contributed by atoms with van der Waals surface area (Å²) in [7, 11) is 1.67. The predicted molar refractivity (Wildman–Crippen MR) is 100 cm³/mol. The van der Waals surface area contributed by atoms with Crippen molar-refractivity contribution in [1.29, 1.82) is 0 Å². The van der Waals surface area contributed by atoms with Gasteiger partial charge in [-0.25, -0.2) is 0 Å². The van der Waals surface area contributed by atoms with Crippen LogP contribution in [0, 0.1) is 0 Å². The topological polar surface area (TPSA) is 36.6 Å². The highest BCUT2D eigenvalue weighted by atomic mass is 16.5. The van der Waals surface area contributed by atoms with E-state index in [1.54, 1.807) is 16.9 Å². The second-order valence-corrected chi connectivity index (χ2v) is 6.54. The van der Waals surface area contributed by atoms with E-state index in [0.29, 0.717) is 13.2 Å². The van der Waals surface area contributed by atoms with Crippen LogP contribution in [0.3, 0.4) is 0 Å². The third kappa shape index (κ3) is 6.69. The molecule has 0 bridgehead atoms. The normalized spacial score (nSPS) is 20.2. The average Bonchev–Trinajstić information content (AvgIpc) is 2.66. The number of likely N-dealkylation sites (N-methyl/N-ethyl adjacent to an activating group) is 1. The molecule has 0 spiro atoms. The van der Waals surface area contributed by atoms with Crippen LogP contribution in [0.5, 0.6) is 11.5 Å². The zero-order valence-electron chi connectivity index (χ0n) is 15.8. The van der Waals surface area contributed by atoms with Crippen LogP contribution in [-0.2, 0) is 11.2 Å². The van der Waals surface area contributed by atoms with Gasteiger partial charge in [-0.3, -0.25) is 0 Å². The van der Waals surface area contributed by atoms with Crippen LogP contribution in [0.2, 0.25) is 0 Å². The molecule has 0 saturated carbocycles. The van der Waals surface area contributed by atoms with E-state index in [0.717, 1.165) is 31.1 Å². The molecule has 1 aliphatic rings.